The van der Waals surface area contributed by atoms with Gasteiger partial charge in [-0.2, -0.15) is 10.4 Å². The third-order valence-corrected chi connectivity index (χ3v) is 3.09. The summed E-state index contributed by atoms with van der Waals surface area (Å²) in [5, 5.41) is 24.2. The molecule has 4 amide bonds. The van der Waals surface area contributed by atoms with Crippen molar-refractivity contribution in [2.75, 3.05) is 12.3 Å². The van der Waals surface area contributed by atoms with Gasteiger partial charge in [0.2, 0.25) is 11.8 Å². The Kier molecular flexibility index (Phi) is 8.69. The molecule has 0 bridgehead atoms. The summed E-state index contributed by atoms with van der Waals surface area (Å²) < 4.78 is 4.78. The van der Waals surface area contributed by atoms with Gasteiger partial charge in [-0.25, -0.2) is 9.80 Å². The fourth-order valence-electron chi connectivity index (χ4n) is 1.81. The van der Waals surface area contributed by atoms with Gasteiger partial charge in [-0.15, -0.1) is 0 Å². The maximum atomic E-state index is 11.1. The Hall–Kier alpha value is -4.73. The second kappa shape index (κ2) is 11.2. The molecule has 1 aromatic carbocycles. The number of urea groups is 1. The summed E-state index contributed by atoms with van der Waals surface area (Å²) in [6, 6.07) is 10.1. The van der Waals surface area contributed by atoms with Crippen LogP contribution in [-0.4, -0.2) is 40.5 Å². The molecule has 0 saturated carbocycles. The van der Waals surface area contributed by atoms with E-state index in [1.807, 2.05) is 5.32 Å². The van der Waals surface area contributed by atoms with E-state index < -0.39 is 28.7 Å². The summed E-state index contributed by atoms with van der Waals surface area (Å²) in [7, 11) is 0. The van der Waals surface area contributed by atoms with Crippen molar-refractivity contribution in [2.24, 2.45) is 10.8 Å². The lowest BCUT2D eigenvalue weighted by Crippen LogP contribution is -2.24. The zero-order chi connectivity index (χ0) is 22.7. The SMILES string of the molecule is CC#N.NC(=O)c1ccc(N)cc1.O=C1CN(/N=C/c2ccc([N+](=O)[O-])o2)C(=O)N1. The first-order valence-electron chi connectivity index (χ1n) is 8.03. The number of furan rings is 1. The molecule has 0 unspecified atom stereocenters. The van der Waals surface area contributed by atoms with E-state index >= 15 is 0 Å². The van der Waals surface area contributed by atoms with Gasteiger partial charge in [0.15, 0.2) is 5.76 Å². The summed E-state index contributed by atoms with van der Waals surface area (Å²) in [4.78, 5) is 42.0. The second-order valence-electron chi connectivity index (χ2n) is 5.30. The number of nitrogens with one attached hydrogen (secondary N) is 1. The van der Waals surface area contributed by atoms with Crippen molar-refractivity contribution in [3.63, 3.8) is 0 Å². The number of carbonyl (C=O) groups excluding carboxylic acids is 3. The largest absolute Gasteiger partial charge is 0.433 e. The van der Waals surface area contributed by atoms with Crippen LogP contribution < -0.4 is 16.8 Å². The smallest absolute Gasteiger partial charge is 0.400 e. The Morgan fingerprint density at radius 1 is 1.33 bits per heavy atom. The van der Waals surface area contributed by atoms with Crippen LogP contribution in [0.15, 0.2) is 45.9 Å². The highest BCUT2D eigenvalue weighted by Crippen LogP contribution is 2.14. The van der Waals surface area contributed by atoms with E-state index in [1.54, 1.807) is 30.3 Å². The number of carbonyl (C=O) groups is 3. The number of hydrazone groups is 1. The highest BCUT2D eigenvalue weighted by atomic mass is 16.6. The number of anilines is 1. The zero-order valence-corrected chi connectivity index (χ0v) is 15.6. The molecule has 0 radical (unpaired) electrons. The molecule has 5 N–H and O–H groups in total. The number of hydrogen-bond acceptors (Lipinski definition) is 9. The van der Waals surface area contributed by atoms with Gasteiger partial charge in [0, 0.05) is 18.2 Å². The number of primary amides is 1. The minimum Gasteiger partial charge on any atom is -0.400 e. The van der Waals surface area contributed by atoms with Gasteiger partial charge in [-0.05, 0) is 30.3 Å². The van der Waals surface area contributed by atoms with Gasteiger partial charge in [-0.1, -0.05) is 0 Å². The van der Waals surface area contributed by atoms with Crippen molar-refractivity contribution in [3.05, 3.63) is 57.8 Å². The van der Waals surface area contributed by atoms with E-state index in [2.05, 4.69) is 5.10 Å². The molecule has 2 aromatic rings. The minimum atomic E-state index is -0.691. The Bertz CT molecular complexity index is 991. The average Bonchev–Trinajstić information content (AvgIpc) is 3.27. The highest BCUT2D eigenvalue weighted by Gasteiger charge is 2.26. The van der Waals surface area contributed by atoms with E-state index in [0.29, 0.717) is 11.3 Å². The molecule has 2 heterocycles. The highest BCUT2D eigenvalue weighted by molar-refractivity contribution is 6.02. The summed E-state index contributed by atoms with van der Waals surface area (Å²) in [6.45, 7) is 1.25. The minimum absolute atomic E-state index is 0.115. The molecule has 0 aliphatic carbocycles. The fraction of sp³-hybridized carbons (Fsp3) is 0.118. The maximum Gasteiger partial charge on any atom is 0.433 e. The van der Waals surface area contributed by atoms with Crippen LogP contribution in [0.1, 0.15) is 23.0 Å². The lowest BCUT2D eigenvalue weighted by molar-refractivity contribution is -0.402. The Labute approximate surface area is 169 Å². The number of rotatable bonds is 4. The summed E-state index contributed by atoms with van der Waals surface area (Å²) >= 11 is 0. The van der Waals surface area contributed by atoms with Gasteiger partial charge in [0.25, 0.3) is 0 Å². The van der Waals surface area contributed by atoms with Crippen LogP contribution in [0.3, 0.4) is 0 Å². The van der Waals surface area contributed by atoms with Gasteiger partial charge in [0.05, 0.1) is 18.4 Å². The van der Waals surface area contributed by atoms with E-state index in [0.717, 1.165) is 17.3 Å². The van der Waals surface area contributed by atoms with Crippen molar-refractivity contribution in [1.82, 2.24) is 10.3 Å². The van der Waals surface area contributed by atoms with Gasteiger partial charge >= 0.3 is 11.9 Å². The van der Waals surface area contributed by atoms with Crippen LogP contribution in [0.4, 0.5) is 16.4 Å². The molecule has 1 aromatic heterocycles. The maximum absolute atomic E-state index is 11.1. The molecule has 30 heavy (non-hydrogen) atoms. The molecule has 13 heteroatoms. The van der Waals surface area contributed by atoms with Gasteiger partial charge < -0.3 is 15.9 Å². The third kappa shape index (κ3) is 7.48. The monoisotopic (exact) mass is 415 g/mol. The quantitative estimate of drug-likeness (QED) is 0.215. The Balaban J connectivity index is 0.000000294. The van der Waals surface area contributed by atoms with Crippen molar-refractivity contribution >= 4 is 35.6 Å². The van der Waals surface area contributed by atoms with Crippen molar-refractivity contribution < 1.29 is 23.7 Å². The van der Waals surface area contributed by atoms with Crippen LogP contribution >= 0.6 is 0 Å². The molecule has 0 atom stereocenters. The standard InChI is InChI=1S/C8H6N4O5.C7H8N2O.C2H3N/c13-6-4-11(8(14)10-6)9-3-5-1-2-7(17-5)12(15)16;8-6-3-1-5(2-4-6)7(9)10;1-2-3/h1-3H,4H2,(H,10,13,14);1-4H,8H2,(H2,9,10);1H3/b9-3+;;. The van der Waals surface area contributed by atoms with Crippen molar-refractivity contribution in [3.8, 4) is 6.07 Å². The van der Waals surface area contributed by atoms with Gasteiger partial charge in [0.1, 0.15) is 11.5 Å². The van der Waals surface area contributed by atoms with Gasteiger partial charge in [-0.3, -0.25) is 25.0 Å². The van der Waals surface area contributed by atoms with E-state index in [1.165, 1.54) is 13.0 Å². The van der Waals surface area contributed by atoms with Crippen molar-refractivity contribution in [2.45, 2.75) is 6.92 Å². The number of nitrogens with zero attached hydrogens (tertiary/aromatic N) is 4. The molecule has 1 aliphatic heterocycles. The average molecular weight is 415 g/mol. The normalized spacial score (nSPS) is 12.2. The van der Waals surface area contributed by atoms with Crippen molar-refractivity contribution in [1.29, 1.82) is 5.26 Å². The molecule has 1 fully saturated rings. The number of hydrogen-bond donors (Lipinski definition) is 3. The van der Waals surface area contributed by atoms with E-state index in [4.69, 9.17) is 21.1 Å². The summed E-state index contributed by atoms with van der Waals surface area (Å²) in [5.74, 6) is -1.20. The number of nitriles is 1. The number of imide groups is 1. The predicted molar refractivity (Wildman–Crippen MR) is 104 cm³/mol. The summed E-state index contributed by atoms with van der Waals surface area (Å²) in [6.07, 6.45) is 1.12. The first-order valence-corrected chi connectivity index (χ1v) is 8.03. The molecule has 156 valence electrons. The zero-order valence-electron chi connectivity index (χ0n) is 15.6. The topological polar surface area (TPSA) is 211 Å². The van der Waals surface area contributed by atoms with E-state index in [-0.39, 0.29) is 12.3 Å². The first kappa shape index (κ1) is 23.3. The predicted octanol–water partition coefficient (Wildman–Crippen LogP) is 0.971. The van der Waals surface area contributed by atoms with Crippen LogP contribution in [-0.2, 0) is 4.79 Å². The third-order valence-electron chi connectivity index (χ3n) is 3.09. The Morgan fingerprint density at radius 2 is 1.93 bits per heavy atom. The molecule has 13 nitrogen and oxygen atoms in total. The number of benzene rings is 1. The Morgan fingerprint density at radius 3 is 2.37 bits per heavy atom. The number of nitrogens with two attached hydrogens (primary N) is 2. The van der Waals surface area contributed by atoms with Crippen LogP contribution in [0, 0.1) is 21.4 Å². The van der Waals surface area contributed by atoms with Crippen LogP contribution in [0.25, 0.3) is 0 Å². The van der Waals surface area contributed by atoms with Crippen LogP contribution in [0.5, 0.6) is 0 Å². The van der Waals surface area contributed by atoms with Crippen LogP contribution in [0.2, 0.25) is 0 Å². The lowest BCUT2D eigenvalue weighted by Gasteiger charge is -2.02. The molecule has 0 spiro atoms. The first-order chi connectivity index (χ1) is 14.2. The number of amides is 4. The molecular formula is C17H17N7O6. The molecule has 1 aliphatic rings. The fourth-order valence-corrected chi connectivity index (χ4v) is 1.81. The number of nitro groups is 1. The molecule has 1 saturated heterocycles. The molecular weight excluding hydrogens is 398 g/mol. The number of nitrogen functional groups attached to an aromatic ring is 1. The van der Waals surface area contributed by atoms with E-state index in [9.17, 15) is 24.5 Å². The lowest BCUT2D eigenvalue weighted by atomic mass is 10.2. The summed E-state index contributed by atoms with van der Waals surface area (Å²) in [5.41, 5.74) is 11.5. The second-order valence-corrected chi connectivity index (χ2v) is 5.30. The molecule has 3 rings (SSSR count).